The summed E-state index contributed by atoms with van der Waals surface area (Å²) >= 11 is 0. The summed E-state index contributed by atoms with van der Waals surface area (Å²) in [6.45, 7) is 4.34. The Labute approximate surface area is 83.8 Å². The Morgan fingerprint density at radius 2 is 2.00 bits per heavy atom. The van der Waals surface area contributed by atoms with E-state index in [1.807, 2.05) is 30.5 Å². The maximum absolute atomic E-state index is 5.95. The molecule has 0 saturated heterocycles. The smallest absolute Gasteiger partial charge is 0.0725 e. The Kier molecular flexibility index (Phi) is 2.12. The van der Waals surface area contributed by atoms with Crippen LogP contribution in [0, 0.1) is 0 Å². The molecule has 0 saturated carbocycles. The number of benzene rings is 1. The minimum Gasteiger partial charge on any atom is -0.398 e. The first kappa shape index (κ1) is 9.00. The number of nitrogens with two attached hydrogens (primary N) is 1. The van der Waals surface area contributed by atoms with Crippen LogP contribution in [0.5, 0.6) is 0 Å². The lowest BCUT2D eigenvalue weighted by molar-refractivity contribution is 0.874. The minimum atomic E-state index is 0.477. The monoisotopic (exact) mass is 186 g/mol. The first-order chi connectivity index (χ1) is 6.70. The van der Waals surface area contributed by atoms with Gasteiger partial charge in [-0.1, -0.05) is 19.9 Å². The number of hydrogen-bond donors (Lipinski definition) is 1. The standard InChI is InChI=1S/C12H14N2/c1-8(2)9-6-7-14-11-5-3-4-10(13)12(9)11/h3-8H,13H2,1-2H3. The average molecular weight is 186 g/mol. The number of aromatic nitrogens is 1. The lowest BCUT2D eigenvalue weighted by Crippen LogP contribution is -1.95. The fourth-order valence-corrected chi connectivity index (χ4v) is 1.74. The van der Waals surface area contributed by atoms with Crippen LogP contribution in [0.25, 0.3) is 10.9 Å². The highest BCUT2D eigenvalue weighted by Crippen LogP contribution is 2.28. The van der Waals surface area contributed by atoms with Gasteiger partial charge >= 0.3 is 0 Å². The Morgan fingerprint density at radius 3 is 2.71 bits per heavy atom. The van der Waals surface area contributed by atoms with Crippen molar-refractivity contribution in [2.45, 2.75) is 19.8 Å². The van der Waals surface area contributed by atoms with Crippen molar-refractivity contribution in [1.82, 2.24) is 4.98 Å². The van der Waals surface area contributed by atoms with E-state index in [4.69, 9.17) is 5.73 Å². The zero-order chi connectivity index (χ0) is 10.1. The van der Waals surface area contributed by atoms with Crippen LogP contribution in [-0.4, -0.2) is 4.98 Å². The number of nitrogens with zero attached hydrogens (tertiary/aromatic N) is 1. The van der Waals surface area contributed by atoms with Gasteiger partial charge in [-0.2, -0.15) is 0 Å². The molecule has 0 bridgehead atoms. The van der Waals surface area contributed by atoms with E-state index < -0.39 is 0 Å². The van der Waals surface area contributed by atoms with Crippen LogP contribution >= 0.6 is 0 Å². The van der Waals surface area contributed by atoms with E-state index in [-0.39, 0.29) is 0 Å². The van der Waals surface area contributed by atoms with Crippen LogP contribution in [-0.2, 0) is 0 Å². The minimum absolute atomic E-state index is 0.477. The third kappa shape index (κ3) is 1.33. The zero-order valence-corrected chi connectivity index (χ0v) is 8.49. The summed E-state index contributed by atoms with van der Waals surface area (Å²) in [6.07, 6.45) is 1.84. The zero-order valence-electron chi connectivity index (χ0n) is 8.49. The Hall–Kier alpha value is -1.57. The number of nitrogen functional groups attached to an aromatic ring is 1. The van der Waals surface area contributed by atoms with Crippen molar-refractivity contribution in [1.29, 1.82) is 0 Å². The molecule has 0 aliphatic heterocycles. The quantitative estimate of drug-likeness (QED) is 0.695. The molecular formula is C12H14N2. The van der Waals surface area contributed by atoms with Gasteiger partial charge in [0.25, 0.3) is 0 Å². The van der Waals surface area contributed by atoms with Crippen LogP contribution in [0.2, 0.25) is 0 Å². The highest BCUT2D eigenvalue weighted by atomic mass is 14.7. The first-order valence-electron chi connectivity index (χ1n) is 4.83. The number of fused-ring (bicyclic) bond motifs is 1. The fraction of sp³-hybridized carbons (Fsp3) is 0.250. The number of pyridine rings is 1. The number of anilines is 1. The van der Waals surface area contributed by atoms with Gasteiger partial charge in [-0.25, -0.2) is 0 Å². The van der Waals surface area contributed by atoms with Gasteiger partial charge in [-0.15, -0.1) is 0 Å². The van der Waals surface area contributed by atoms with Gasteiger partial charge in [-0.3, -0.25) is 4.98 Å². The van der Waals surface area contributed by atoms with Crippen LogP contribution in [0.15, 0.2) is 30.5 Å². The summed E-state index contributed by atoms with van der Waals surface area (Å²) < 4.78 is 0. The van der Waals surface area contributed by atoms with Gasteiger partial charge in [0, 0.05) is 17.3 Å². The molecule has 1 aromatic carbocycles. The van der Waals surface area contributed by atoms with E-state index in [1.165, 1.54) is 5.56 Å². The molecule has 14 heavy (non-hydrogen) atoms. The van der Waals surface area contributed by atoms with E-state index in [1.54, 1.807) is 0 Å². The molecule has 72 valence electrons. The van der Waals surface area contributed by atoms with Crippen molar-refractivity contribution in [3.63, 3.8) is 0 Å². The molecule has 1 aromatic heterocycles. The normalized spacial score (nSPS) is 11.1. The second-order valence-corrected chi connectivity index (χ2v) is 3.80. The summed E-state index contributed by atoms with van der Waals surface area (Å²) in [7, 11) is 0. The van der Waals surface area contributed by atoms with E-state index in [9.17, 15) is 0 Å². The predicted octanol–water partition coefficient (Wildman–Crippen LogP) is 2.94. The van der Waals surface area contributed by atoms with Crippen LogP contribution in [0.4, 0.5) is 5.69 Å². The average Bonchev–Trinajstić information content (AvgIpc) is 2.17. The van der Waals surface area contributed by atoms with Crippen molar-refractivity contribution in [2.75, 3.05) is 5.73 Å². The predicted molar refractivity (Wildman–Crippen MR) is 60.2 cm³/mol. The summed E-state index contributed by atoms with van der Waals surface area (Å²) in [6, 6.07) is 7.91. The topological polar surface area (TPSA) is 38.9 Å². The van der Waals surface area contributed by atoms with E-state index in [2.05, 4.69) is 18.8 Å². The number of rotatable bonds is 1. The van der Waals surface area contributed by atoms with Crippen LogP contribution in [0.3, 0.4) is 0 Å². The molecule has 0 aliphatic carbocycles. The van der Waals surface area contributed by atoms with E-state index in [0.717, 1.165) is 16.6 Å². The second kappa shape index (κ2) is 3.29. The van der Waals surface area contributed by atoms with Crippen LogP contribution < -0.4 is 5.73 Å². The Morgan fingerprint density at radius 1 is 1.21 bits per heavy atom. The van der Waals surface area contributed by atoms with Gasteiger partial charge < -0.3 is 5.73 Å². The van der Waals surface area contributed by atoms with Crippen molar-refractivity contribution >= 4 is 16.6 Å². The molecule has 2 heteroatoms. The van der Waals surface area contributed by atoms with E-state index in [0.29, 0.717) is 5.92 Å². The molecular weight excluding hydrogens is 172 g/mol. The van der Waals surface area contributed by atoms with E-state index >= 15 is 0 Å². The van der Waals surface area contributed by atoms with Crippen molar-refractivity contribution in [2.24, 2.45) is 0 Å². The molecule has 0 radical (unpaired) electrons. The summed E-state index contributed by atoms with van der Waals surface area (Å²) in [5.74, 6) is 0.477. The third-order valence-corrected chi connectivity index (χ3v) is 2.45. The van der Waals surface area contributed by atoms with Gasteiger partial charge in [0.15, 0.2) is 0 Å². The van der Waals surface area contributed by atoms with Gasteiger partial charge in [0.1, 0.15) is 0 Å². The number of hydrogen-bond acceptors (Lipinski definition) is 2. The highest BCUT2D eigenvalue weighted by molar-refractivity contribution is 5.93. The molecule has 2 N–H and O–H groups in total. The maximum atomic E-state index is 5.95. The van der Waals surface area contributed by atoms with Crippen molar-refractivity contribution in [3.8, 4) is 0 Å². The lowest BCUT2D eigenvalue weighted by Gasteiger charge is -2.10. The van der Waals surface area contributed by atoms with Crippen molar-refractivity contribution in [3.05, 3.63) is 36.0 Å². The molecule has 2 aromatic rings. The maximum Gasteiger partial charge on any atom is 0.0725 e. The molecule has 2 rings (SSSR count). The lowest BCUT2D eigenvalue weighted by atomic mass is 9.98. The molecule has 0 fully saturated rings. The molecule has 2 nitrogen and oxygen atoms in total. The summed E-state index contributed by atoms with van der Waals surface area (Å²) in [4.78, 5) is 4.31. The fourth-order valence-electron chi connectivity index (χ4n) is 1.74. The van der Waals surface area contributed by atoms with Crippen LogP contribution in [0.1, 0.15) is 25.3 Å². The largest absolute Gasteiger partial charge is 0.398 e. The summed E-state index contributed by atoms with van der Waals surface area (Å²) in [5, 5.41) is 1.10. The molecule has 0 spiro atoms. The molecule has 1 heterocycles. The Bertz CT molecular complexity index is 456. The van der Waals surface area contributed by atoms with Crippen molar-refractivity contribution < 1.29 is 0 Å². The highest BCUT2D eigenvalue weighted by Gasteiger charge is 2.07. The SMILES string of the molecule is CC(C)c1ccnc2cccc(N)c12. The van der Waals surface area contributed by atoms with Gasteiger partial charge in [0.2, 0.25) is 0 Å². The Balaban J connectivity index is 2.84. The molecule has 0 unspecified atom stereocenters. The van der Waals surface area contributed by atoms with Gasteiger partial charge in [-0.05, 0) is 29.7 Å². The summed E-state index contributed by atoms with van der Waals surface area (Å²) in [5.41, 5.74) is 9.03. The third-order valence-electron chi connectivity index (χ3n) is 2.45. The molecule has 0 aliphatic rings. The molecule has 0 atom stereocenters. The first-order valence-corrected chi connectivity index (χ1v) is 4.83. The second-order valence-electron chi connectivity index (χ2n) is 3.80. The molecule has 0 amide bonds. The van der Waals surface area contributed by atoms with Gasteiger partial charge in [0.05, 0.1) is 5.52 Å².